The number of benzene rings is 2. The van der Waals surface area contributed by atoms with Gasteiger partial charge in [-0.05, 0) is 42.0 Å². The molecule has 0 fully saturated rings. The zero-order valence-electron chi connectivity index (χ0n) is 15.0. The van der Waals surface area contributed by atoms with Gasteiger partial charge in [0.15, 0.2) is 18.1 Å². The summed E-state index contributed by atoms with van der Waals surface area (Å²) in [6.07, 6.45) is -1.78. The molecule has 0 bridgehead atoms. The molecule has 0 heterocycles. The molecule has 0 saturated heterocycles. The van der Waals surface area contributed by atoms with Gasteiger partial charge in [0.1, 0.15) is 5.75 Å². The molecule has 0 spiro atoms. The molecule has 5 nitrogen and oxygen atoms in total. The minimum atomic E-state index is -4.51. The Morgan fingerprint density at radius 2 is 1.75 bits per heavy atom. The number of carbonyl (C=O) groups is 1. The van der Waals surface area contributed by atoms with Crippen molar-refractivity contribution in [1.82, 2.24) is 0 Å². The van der Waals surface area contributed by atoms with Crippen LogP contribution in [-0.2, 0) is 4.79 Å². The number of methoxy groups -OCH3 is 2. The summed E-state index contributed by atoms with van der Waals surface area (Å²) in [4.78, 5) is 12.2. The lowest BCUT2D eigenvalue weighted by Crippen LogP contribution is -2.20. The first-order valence-electron chi connectivity index (χ1n) is 7.92. The first-order chi connectivity index (χ1) is 13.2. The van der Waals surface area contributed by atoms with Crippen LogP contribution in [0.3, 0.4) is 0 Å². The van der Waals surface area contributed by atoms with E-state index in [1.807, 2.05) is 0 Å². The van der Waals surface area contributed by atoms with Crippen molar-refractivity contribution in [3.8, 4) is 17.2 Å². The smallest absolute Gasteiger partial charge is 0.422 e. The maximum atomic E-state index is 12.4. The molecule has 150 valence electrons. The second kappa shape index (κ2) is 9.36. The van der Waals surface area contributed by atoms with Crippen molar-refractivity contribution in [2.75, 3.05) is 26.1 Å². The molecule has 0 unspecified atom stereocenters. The summed E-state index contributed by atoms with van der Waals surface area (Å²) in [5.74, 6) is 0.306. The van der Waals surface area contributed by atoms with E-state index in [4.69, 9.17) is 25.8 Å². The van der Waals surface area contributed by atoms with Gasteiger partial charge in [0.2, 0.25) is 5.91 Å². The van der Waals surface area contributed by atoms with Gasteiger partial charge in [-0.15, -0.1) is 0 Å². The minimum Gasteiger partial charge on any atom is -0.493 e. The Balaban J connectivity index is 2.12. The van der Waals surface area contributed by atoms with Crippen LogP contribution >= 0.6 is 11.6 Å². The summed E-state index contributed by atoms with van der Waals surface area (Å²) in [6, 6.07) is 8.97. The number of hydrogen-bond acceptors (Lipinski definition) is 4. The standard InChI is InChI=1S/C19H17ClF3NO4/c1-26-16-6-3-12(9-17(16)27-2)4-8-18(25)24-14-10-13(20)5-7-15(14)28-11-19(21,22)23/h3-10H,11H2,1-2H3,(H,24,25)/b8-4+. The van der Waals surface area contributed by atoms with Crippen LogP contribution in [0.25, 0.3) is 6.08 Å². The van der Waals surface area contributed by atoms with Crippen molar-refractivity contribution in [1.29, 1.82) is 0 Å². The molecule has 0 aliphatic carbocycles. The van der Waals surface area contributed by atoms with Crippen LogP contribution in [-0.4, -0.2) is 32.9 Å². The predicted octanol–water partition coefficient (Wildman–Crippen LogP) is 4.95. The number of rotatable bonds is 7. The predicted molar refractivity (Wildman–Crippen MR) is 100 cm³/mol. The maximum absolute atomic E-state index is 12.4. The monoisotopic (exact) mass is 415 g/mol. The topological polar surface area (TPSA) is 56.8 Å². The number of carbonyl (C=O) groups excluding carboxylic acids is 1. The molecule has 0 atom stereocenters. The van der Waals surface area contributed by atoms with E-state index >= 15 is 0 Å². The number of ether oxygens (including phenoxy) is 3. The Hall–Kier alpha value is -2.87. The highest BCUT2D eigenvalue weighted by molar-refractivity contribution is 6.31. The van der Waals surface area contributed by atoms with Gasteiger partial charge in [-0.1, -0.05) is 17.7 Å². The Bertz CT molecular complexity index is 869. The average molecular weight is 416 g/mol. The second-order valence-corrected chi connectivity index (χ2v) is 5.92. The zero-order valence-corrected chi connectivity index (χ0v) is 15.7. The third kappa shape index (κ3) is 6.38. The van der Waals surface area contributed by atoms with Gasteiger partial charge in [-0.3, -0.25) is 4.79 Å². The summed E-state index contributed by atoms with van der Waals surface area (Å²) in [7, 11) is 2.99. The summed E-state index contributed by atoms with van der Waals surface area (Å²) in [6.45, 7) is -1.49. The van der Waals surface area contributed by atoms with Crippen LogP contribution in [0.2, 0.25) is 5.02 Å². The van der Waals surface area contributed by atoms with Crippen molar-refractivity contribution in [3.05, 3.63) is 53.1 Å². The van der Waals surface area contributed by atoms with Crippen LogP contribution in [0.1, 0.15) is 5.56 Å². The first-order valence-corrected chi connectivity index (χ1v) is 8.30. The highest BCUT2D eigenvalue weighted by atomic mass is 35.5. The Kier molecular flexibility index (Phi) is 7.17. The van der Waals surface area contributed by atoms with Gasteiger partial charge in [0.25, 0.3) is 0 Å². The molecule has 2 aromatic rings. The highest BCUT2D eigenvalue weighted by Crippen LogP contribution is 2.30. The number of hydrogen-bond donors (Lipinski definition) is 1. The third-order valence-corrected chi connectivity index (χ3v) is 3.66. The van der Waals surface area contributed by atoms with E-state index in [1.165, 1.54) is 44.6 Å². The van der Waals surface area contributed by atoms with E-state index in [0.29, 0.717) is 17.1 Å². The molecule has 0 aliphatic heterocycles. The lowest BCUT2D eigenvalue weighted by atomic mass is 10.2. The summed E-state index contributed by atoms with van der Waals surface area (Å²) < 4.78 is 52.1. The molecule has 1 N–H and O–H groups in total. The third-order valence-electron chi connectivity index (χ3n) is 3.43. The van der Waals surface area contributed by atoms with Gasteiger partial charge in [-0.25, -0.2) is 0 Å². The molecule has 9 heteroatoms. The Morgan fingerprint density at radius 3 is 2.39 bits per heavy atom. The highest BCUT2D eigenvalue weighted by Gasteiger charge is 2.29. The Morgan fingerprint density at radius 1 is 1.07 bits per heavy atom. The van der Waals surface area contributed by atoms with Crippen molar-refractivity contribution >= 4 is 29.3 Å². The van der Waals surface area contributed by atoms with E-state index < -0.39 is 18.7 Å². The van der Waals surface area contributed by atoms with Gasteiger partial charge < -0.3 is 19.5 Å². The quantitative estimate of drug-likeness (QED) is 0.650. The Labute approximate surface area is 164 Å². The van der Waals surface area contributed by atoms with Crippen molar-refractivity contribution in [2.24, 2.45) is 0 Å². The first kappa shape index (κ1) is 21.4. The number of amides is 1. The molecular formula is C19H17ClF3NO4. The van der Waals surface area contributed by atoms with Crippen LogP contribution in [0.15, 0.2) is 42.5 Å². The minimum absolute atomic E-state index is 0.0266. The molecule has 0 aliphatic rings. The van der Waals surface area contributed by atoms with E-state index in [9.17, 15) is 18.0 Å². The van der Waals surface area contributed by atoms with E-state index in [-0.39, 0.29) is 16.5 Å². The van der Waals surface area contributed by atoms with Crippen molar-refractivity contribution in [2.45, 2.75) is 6.18 Å². The largest absolute Gasteiger partial charge is 0.493 e. The molecule has 0 aromatic heterocycles. The second-order valence-electron chi connectivity index (χ2n) is 5.48. The van der Waals surface area contributed by atoms with Crippen LogP contribution in [0.5, 0.6) is 17.2 Å². The van der Waals surface area contributed by atoms with Gasteiger partial charge in [0.05, 0.1) is 19.9 Å². The molecular weight excluding hydrogens is 399 g/mol. The van der Waals surface area contributed by atoms with Crippen molar-refractivity contribution in [3.63, 3.8) is 0 Å². The normalized spacial score (nSPS) is 11.4. The van der Waals surface area contributed by atoms with E-state index in [2.05, 4.69) is 5.32 Å². The fourth-order valence-electron chi connectivity index (χ4n) is 2.19. The van der Waals surface area contributed by atoms with Crippen LogP contribution < -0.4 is 19.5 Å². The molecule has 0 radical (unpaired) electrons. The number of alkyl halides is 3. The molecule has 2 aromatic carbocycles. The van der Waals surface area contributed by atoms with Crippen molar-refractivity contribution < 1.29 is 32.2 Å². The summed E-state index contributed by atoms with van der Waals surface area (Å²) >= 11 is 5.85. The number of anilines is 1. The number of nitrogens with one attached hydrogen (secondary N) is 1. The molecule has 0 saturated carbocycles. The van der Waals surface area contributed by atoms with Gasteiger partial charge in [0, 0.05) is 11.1 Å². The molecule has 2 rings (SSSR count). The van der Waals surface area contributed by atoms with E-state index in [0.717, 1.165) is 0 Å². The summed E-state index contributed by atoms with van der Waals surface area (Å²) in [5.41, 5.74) is 0.686. The average Bonchev–Trinajstić information content (AvgIpc) is 2.64. The summed E-state index contributed by atoms with van der Waals surface area (Å²) in [5, 5.41) is 2.69. The fourth-order valence-corrected chi connectivity index (χ4v) is 2.36. The number of halogens is 4. The van der Waals surface area contributed by atoms with Crippen LogP contribution in [0.4, 0.5) is 18.9 Å². The molecule has 28 heavy (non-hydrogen) atoms. The SMILES string of the molecule is COc1ccc(/C=C/C(=O)Nc2cc(Cl)ccc2OCC(F)(F)F)cc1OC. The van der Waals surface area contributed by atoms with Gasteiger partial charge >= 0.3 is 6.18 Å². The molecule has 1 amide bonds. The zero-order chi connectivity index (χ0) is 20.7. The van der Waals surface area contributed by atoms with Gasteiger partial charge in [-0.2, -0.15) is 13.2 Å². The lowest BCUT2D eigenvalue weighted by Gasteiger charge is -2.13. The van der Waals surface area contributed by atoms with Crippen LogP contribution in [0, 0.1) is 0 Å². The maximum Gasteiger partial charge on any atom is 0.422 e. The lowest BCUT2D eigenvalue weighted by molar-refractivity contribution is -0.153. The van der Waals surface area contributed by atoms with E-state index in [1.54, 1.807) is 18.2 Å². The fraction of sp³-hybridized carbons (Fsp3) is 0.211.